The van der Waals surface area contributed by atoms with Crippen molar-refractivity contribution in [3.63, 3.8) is 0 Å². The Hall–Kier alpha value is -3.12. The molecule has 10 heteroatoms. The van der Waals surface area contributed by atoms with Crippen LogP contribution in [0.3, 0.4) is 0 Å². The summed E-state index contributed by atoms with van der Waals surface area (Å²) in [5.74, 6) is 0.381. The lowest BCUT2D eigenvalue weighted by Gasteiger charge is -2.25. The van der Waals surface area contributed by atoms with Crippen molar-refractivity contribution in [3.05, 3.63) is 58.5 Å². The van der Waals surface area contributed by atoms with Gasteiger partial charge in [-0.25, -0.2) is 4.98 Å². The van der Waals surface area contributed by atoms with Gasteiger partial charge in [-0.15, -0.1) is 10.2 Å². The normalized spacial score (nSPS) is 11.9. The number of halogens is 4. The van der Waals surface area contributed by atoms with Gasteiger partial charge in [-0.1, -0.05) is 29.8 Å². The smallest absolute Gasteiger partial charge is 0.417 e. The molecule has 3 rings (SSSR count). The van der Waals surface area contributed by atoms with Gasteiger partial charge in [-0.05, 0) is 26.0 Å². The van der Waals surface area contributed by atoms with Crippen LogP contribution in [0.1, 0.15) is 30.8 Å². The molecule has 0 aliphatic heterocycles. The van der Waals surface area contributed by atoms with Gasteiger partial charge in [0.25, 0.3) is 0 Å². The van der Waals surface area contributed by atoms with Gasteiger partial charge in [0.15, 0.2) is 17.2 Å². The Balaban J connectivity index is 2.00. The molecule has 0 fully saturated rings. The van der Waals surface area contributed by atoms with E-state index in [1.165, 1.54) is 35.0 Å². The van der Waals surface area contributed by atoms with Gasteiger partial charge >= 0.3 is 6.18 Å². The molecule has 0 aliphatic carbocycles. The largest absolute Gasteiger partial charge is 0.462 e. The van der Waals surface area contributed by atoms with Crippen LogP contribution in [0.15, 0.2) is 36.5 Å². The third kappa shape index (κ3) is 4.03. The fourth-order valence-corrected chi connectivity index (χ4v) is 3.07. The molecule has 0 N–H and O–H groups in total. The Morgan fingerprint density at radius 2 is 1.86 bits per heavy atom. The average Bonchev–Trinajstić information content (AvgIpc) is 3.05. The third-order valence-electron chi connectivity index (χ3n) is 4.18. The van der Waals surface area contributed by atoms with Gasteiger partial charge < -0.3 is 9.30 Å². The zero-order valence-electron chi connectivity index (χ0n) is 15.6. The van der Waals surface area contributed by atoms with E-state index in [9.17, 15) is 13.2 Å². The first-order chi connectivity index (χ1) is 13.5. The number of benzene rings is 1. The minimum Gasteiger partial charge on any atom is -0.462 e. The van der Waals surface area contributed by atoms with Crippen LogP contribution < -0.4 is 4.74 Å². The molecule has 0 atom stereocenters. The number of nitrogens with zero attached hydrogens (tertiary/aromatic N) is 5. The van der Waals surface area contributed by atoms with Crippen LogP contribution in [0.2, 0.25) is 5.02 Å². The molecule has 3 aromatic rings. The van der Waals surface area contributed by atoms with Crippen molar-refractivity contribution in [3.8, 4) is 23.3 Å². The summed E-state index contributed by atoms with van der Waals surface area (Å²) in [7, 11) is 1.55. The molecule has 2 heterocycles. The van der Waals surface area contributed by atoms with Crippen LogP contribution in [-0.4, -0.2) is 19.7 Å². The van der Waals surface area contributed by atoms with Gasteiger partial charge in [-0.2, -0.15) is 18.4 Å². The molecule has 0 saturated carbocycles. The molecule has 6 nitrogen and oxygen atoms in total. The summed E-state index contributed by atoms with van der Waals surface area (Å²) in [6, 6.07) is 8.47. The van der Waals surface area contributed by atoms with Crippen molar-refractivity contribution in [1.29, 1.82) is 5.26 Å². The molecule has 150 valence electrons. The molecule has 29 heavy (non-hydrogen) atoms. The van der Waals surface area contributed by atoms with Crippen molar-refractivity contribution in [2.45, 2.75) is 25.6 Å². The summed E-state index contributed by atoms with van der Waals surface area (Å²) in [6.07, 6.45) is -3.23. The predicted octanol–water partition coefficient (Wildman–Crippen LogP) is 4.74. The quantitative estimate of drug-likeness (QED) is 0.608. The molecule has 0 bridgehead atoms. The maximum atomic E-state index is 13.4. The van der Waals surface area contributed by atoms with Crippen LogP contribution in [-0.2, 0) is 18.8 Å². The fourth-order valence-electron chi connectivity index (χ4n) is 2.86. The molecule has 2 aromatic heterocycles. The molecular weight excluding hydrogens is 407 g/mol. The predicted molar refractivity (Wildman–Crippen MR) is 99.1 cm³/mol. The number of aromatic nitrogens is 4. The number of hydrogen-bond acceptors (Lipinski definition) is 5. The van der Waals surface area contributed by atoms with Gasteiger partial charge in [0.05, 0.1) is 11.1 Å². The van der Waals surface area contributed by atoms with E-state index in [1.54, 1.807) is 20.9 Å². The highest BCUT2D eigenvalue weighted by molar-refractivity contribution is 6.31. The first-order valence-electron chi connectivity index (χ1n) is 8.35. The Kier molecular flexibility index (Phi) is 5.24. The lowest BCUT2D eigenvalue weighted by atomic mass is 10.1. The lowest BCUT2D eigenvalue weighted by Crippen LogP contribution is -2.29. The zero-order valence-corrected chi connectivity index (χ0v) is 16.4. The molecule has 1 aromatic carbocycles. The van der Waals surface area contributed by atoms with Crippen LogP contribution in [0.25, 0.3) is 11.4 Å². The lowest BCUT2D eigenvalue weighted by molar-refractivity contribution is -0.137. The summed E-state index contributed by atoms with van der Waals surface area (Å²) in [6.45, 7) is 3.32. The van der Waals surface area contributed by atoms with Crippen LogP contribution in [0.5, 0.6) is 5.88 Å². The Labute approximate surface area is 169 Å². The standard InChI is InChI=1S/C19H15ClF3N5O/c1-18(2,29-16-14(20)8-11(9-24)10-25-16)17-27-26-15(28(17)3)12-6-4-5-7-13(12)19(21,22)23/h4-8,10H,1-3H3. The van der Waals surface area contributed by atoms with Gasteiger partial charge in [0.1, 0.15) is 11.1 Å². The summed E-state index contributed by atoms with van der Waals surface area (Å²) in [4.78, 5) is 4.02. The second-order valence-corrected chi connectivity index (χ2v) is 7.09. The summed E-state index contributed by atoms with van der Waals surface area (Å²) < 4.78 is 47.4. The Morgan fingerprint density at radius 1 is 1.17 bits per heavy atom. The highest BCUT2D eigenvalue weighted by Crippen LogP contribution is 2.37. The van der Waals surface area contributed by atoms with Gasteiger partial charge in [-0.3, -0.25) is 0 Å². The Bertz CT molecular complexity index is 1100. The van der Waals surface area contributed by atoms with Crippen LogP contribution in [0, 0.1) is 11.3 Å². The molecule has 0 saturated heterocycles. The molecule has 0 radical (unpaired) electrons. The second kappa shape index (κ2) is 7.37. The van der Waals surface area contributed by atoms with E-state index in [1.807, 2.05) is 6.07 Å². The summed E-state index contributed by atoms with van der Waals surface area (Å²) in [5, 5.41) is 17.0. The van der Waals surface area contributed by atoms with Crippen LogP contribution >= 0.6 is 11.6 Å². The van der Waals surface area contributed by atoms with E-state index in [-0.39, 0.29) is 33.7 Å². The minimum absolute atomic E-state index is 0.0449. The van der Waals surface area contributed by atoms with E-state index in [2.05, 4.69) is 15.2 Å². The fraction of sp³-hybridized carbons (Fsp3) is 0.263. The maximum Gasteiger partial charge on any atom is 0.417 e. The van der Waals surface area contributed by atoms with Crippen LogP contribution in [0.4, 0.5) is 13.2 Å². The van der Waals surface area contributed by atoms with E-state index in [0.29, 0.717) is 0 Å². The number of pyridine rings is 1. The Morgan fingerprint density at radius 3 is 2.48 bits per heavy atom. The highest BCUT2D eigenvalue weighted by atomic mass is 35.5. The maximum absolute atomic E-state index is 13.4. The van der Waals surface area contributed by atoms with E-state index in [4.69, 9.17) is 21.6 Å². The highest BCUT2D eigenvalue weighted by Gasteiger charge is 2.36. The summed E-state index contributed by atoms with van der Waals surface area (Å²) >= 11 is 6.11. The molecule has 0 amide bonds. The van der Waals surface area contributed by atoms with Crippen molar-refractivity contribution in [1.82, 2.24) is 19.7 Å². The third-order valence-corrected chi connectivity index (χ3v) is 4.45. The van der Waals surface area contributed by atoms with Crippen molar-refractivity contribution in [2.24, 2.45) is 7.05 Å². The molecule has 0 aliphatic rings. The number of rotatable bonds is 4. The van der Waals surface area contributed by atoms with Crippen molar-refractivity contribution in [2.75, 3.05) is 0 Å². The molecule has 0 unspecified atom stereocenters. The first-order valence-corrected chi connectivity index (χ1v) is 8.73. The molecule has 0 spiro atoms. The first kappa shape index (κ1) is 20.6. The van der Waals surface area contributed by atoms with E-state index in [0.717, 1.165) is 6.07 Å². The van der Waals surface area contributed by atoms with Gasteiger partial charge in [0, 0.05) is 18.8 Å². The van der Waals surface area contributed by atoms with Crippen molar-refractivity contribution < 1.29 is 17.9 Å². The zero-order chi connectivity index (χ0) is 21.4. The number of ether oxygens (including phenoxy) is 1. The van der Waals surface area contributed by atoms with Gasteiger partial charge in [0.2, 0.25) is 5.88 Å². The average molecular weight is 422 g/mol. The minimum atomic E-state index is -4.53. The SMILES string of the molecule is Cn1c(-c2ccccc2C(F)(F)F)nnc1C(C)(C)Oc1ncc(C#N)cc1Cl. The number of hydrogen-bond donors (Lipinski definition) is 0. The topological polar surface area (TPSA) is 76.6 Å². The number of nitriles is 1. The van der Waals surface area contributed by atoms with Crippen molar-refractivity contribution >= 4 is 11.6 Å². The second-order valence-electron chi connectivity index (χ2n) is 6.68. The molecular formula is C19H15ClF3N5O. The van der Waals surface area contributed by atoms with E-state index >= 15 is 0 Å². The summed E-state index contributed by atoms with van der Waals surface area (Å²) in [5.41, 5.74) is -1.76. The van der Waals surface area contributed by atoms with E-state index < -0.39 is 17.3 Å². The number of alkyl halides is 3. The monoisotopic (exact) mass is 421 g/mol.